The van der Waals surface area contributed by atoms with Crippen molar-refractivity contribution in [2.24, 2.45) is 10.9 Å². The van der Waals surface area contributed by atoms with Gasteiger partial charge in [-0.25, -0.2) is 4.98 Å². The lowest BCUT2D eigenvalue weighted by molar-refractivity contribution is 0.153. The molecule has 148 valence electrons. The molecule has 6 nitrogen and oxygen atoms in total. The summed E-state index contributed by atoms with van der Waals surface area (Å²) in [5.41, 5.74) is 0. The molecule has 0 amide bonds. The van der Waals surface area contributed by atoms with Crippen LogP contribution in [0.4, 0.5) is 0 Å². The quantitative estimate of drug-likeness (QED) is 0.414. The molecule has 3 unspecified atom stereocenters. The summed E-state index contributed by atoms with van der Waals surface area (Å²) < 4.78 is 2.25. The molecule has 2 fully saturated rings. The second kappa shape index (κ2) is 10.5. The van der Waals surface area contributed by atoms with Crippen molar-refractivity contribution in [3.05, 3.63) is 18.7 Å². The zero-order chi connectivity index (χ0) is 17.6. The summed E-state index contributed by atoms with van der Waals surface area (Å²) in [6.07, 6.45) is 11.1. The van der Waals surface area contributed by atoms with Gasteiger partial charge in [-0.2, -0.15) is 0 Å². The maximum atomic E-state index is 4.58. The Balaban J connectivity index is 0.00000243. The van der Waals surface area contributed by atoms with E-state index in [-0.39, 0.29) is 24.0 Å². The van der Waals surface area contributed by atoms with Crippen molar-refractivity contribution in [3.8, 4) is 0 Å². The molecule has 0 spiro atoms. The molecule has 2 saturated heterocycles. The Morgan fingerprint density at radius 3 is 2.81 bits per heavy atom. The molecule has 26 heavy (non-hydrogen) atoms. The molecule has 2 aliphatic heterocycles. The van der Waals surface area contributed by atoms with Crippen LogP contribution < -0.4 is 5.32 Å². The molecular weight excluding hydrogens is 439 g/mol. The summed E-state index contributed by atoms with van der Waals surface area (Å²) in [5.74, 6) is 1.72. The average molecular weight is 474 g/mol. The fourth-order valence-corrected chi connectivity index (χ4v) is 4.34. The van der Waals surface area contributed by atoms with E-state index in [0.717, 1.165) is 32.1 Å². The van der Waals surface area contributed by atoms with Crippen LogP contribution in [0.1, 0.15) is 45.6 Å². The first-order valence-electron chi connectivity index (χ1n) is 9.90. The van der Waals surface area contributed by atoms with Gasteiger partial charge in [0.05, 0.1) is 12.4 Å². The molecular formula is C19H35IN6. The van der Waals surface area contributed by atoms with Gasteiger partial charge < -0.3 is 14.8 Å². The average Bonchev–Trinajstić information content (AvgIpc) is 3.18. The molecule has 3 heterocycles. The normalized spacial score (nSPS) is 27.9. The van der Waals surface area contributed by atoms with Crippen LogP contribution in [0.3, 0.4) is 0 Å². The van der Waals surface area contributed by atoms with Crippen LogP contribution in [-0.4, -0.2) is 71.1 Å². The lowest BCUT2D eigenvalue weighted by atomic mass is 9.93. The van der Waals surface area contributed by atoms with Gasteiger partial charge in [0.15, 0.2) is 5.96 Å². The number of hydrogen-bond acceptors (Lipinski definition) is 3. The smallest absolute Gasteiger partial charge is 0.193 e. The monoisotopic (exact) mass is 474 g/mol. The zero-order valence-electron chi connectivity index (χ0n) is 16.5. The summed E-state index contributed by atoms with van der Waals surface area (Å²) in [6.45, 7) is 10.1. The van der Waals surface area contributed by atoms with Crippen LogP contribution in [0.2, 0.25) is 0 Å². The summed E-state index contributed by atoms with van der Waals surface area (Å²) >= 11 is 0. The molecule has 0 saturated carbocycles. The minimum absolute atomic E-state index is 0. The van der Waals surface area contributed by atoms with Crippen molar-refractivity contribution >= 4 is 29.9 Å². The van der Waals surface area contributed by atoms with Crippen molar-refractivity contribution < 1.29 is 0 Å². The van der Waals surface area contributed by atoms with Crippen molar-refractivity contribution in [2.45, 2.75) is 51.6 Å². The van der Waals surface area contributed by atoms with Gasteiger partial charge in [0.1, 0.15) is 0 Å². The fourth-order valence-electron chi connectivity index (χ4n) is 4.34. The molecule has 2 aliphatic rings. The number of aliphatic imine (C=N–C) groups is 1. The van der Waals surface area contributed by atoms with E-state index in [9.17, 15) is 0 Å². The zero-order valence-corrected chi connectivity index (χ0v) is 18.8. The van der Waals surface area contributed by atoms with E-state index in [1.54, 1.807) is 0 Å². The number of nitrogens with zero attached hydrogens (tertiary/aromatic N) is 5. The number of rotatable bonds is 4. The summed E-state index contributed by atoms with van der Waals surface area (Å²) in [5, 5.41) is 3.66. The molecule has 0 bridgehead atoms. The molecule has 1 aromatic rings. The lowest BCUT2D eigenvalue weighted by Crippen LogP contribution is -2.52. The Kier molecular flexibility index (Phi) is 8.66. The molecule has 7 heteroatoms. The van der Waals surface area contributed by atoms with Gasteiger partial charge in [-0.05, 0) is 38.3 Å². The van der Waals surface area contributed by atoms with Gasteiger partial charge in [-0.1, -0.05) is 20.3 Å². The van der Waals surface area contributed by atoms with Gasteiger partial charge >= 0.3 is 0 Å². The standard InChI is InChI=1S/C19H34N6.HI/c1-4-23-10-6-5-7-17(23)13-22-19(20-3)24-11-8-16(2)18(14-24)25-12-9-21-15-25;/h9,12,15-18H,4-8,10-11,13-14H2,1-3H3,(H,20,22);1H. The van der Waals surface area contributed by atoms with Crippen LogP contribution >= 0.6 is 24.0 Å². The Morgan fingerprint density at radius 1 is 1.27 bits per heavy atom. The van der Waals surface area contributed by atoms with Gasteiger partial charge in [0, 0.05) is 45.1 Å². The first-order valence-corrected chi connectivity index (χ1v) is 9.90. The number of hydrogen-bond donors (Lipinski definition) is 1. The molecule has 0 aromatic carbocycles. The van der Waals surface area contributed by atoms with E-state index in [1.165, 1.54) is 32.2 Å². The number of piperidine rings is 2. The van der Waals surface area contributed by atoms with Gasteiger partial charge in [-0.15, -0.1) is 24.0 Å². The van der Waals surface area contributed by atoms with Crippen LogP contribution in [-0.2, 0) is 0 Å². The van der Waals surface area contributed by atoms with E-state index in [1.807, 2.05) is 19.6 Å². The third-order valence-electron chi connectivity index (χ3n) is 5.99. The minimum atomic E-state index is 0. The topological polar surface area (TPSA) is 48.7 Å². The number of likely N-dealkylation sites (tertiary alicyclic amines) is 2. The van der Waals surface area contributed by atoms with E-state index in [2.05, 4.69) is 49.7 Å². The SMILES string of the molecule is CCN1CCCCC1CNC(=NC)N1CCC(C)C(n2ccnc2)C1.I. The summed E-state index contributed by atoms with van der Waals surface area (Å²) in [7, 11) is 1.91. The molecule has 1 aromatic heterocycles. The Labute approximate surface area is 175 Å². The number of halogens is 1. The summed E-state index contributed by atoms with van der Waals surface area (Å²) in [4.78, 5) is 13.8. The fraction of sp³-hybridized carbons (Fsp3) is 0.789. The number of aromatic nitrogens is 2. The van der Waals surface area contributed by atoms with Crippen molar-refractivity contribution in [1.29, 1.82) is 0 Å². The molecule has 1 N–H and O–H groups in total. The number of guanidine groups is 1. The van der Waals surface area contributed by atoms with Gasteiger partial charge in [-0.3, -0.25) is 9.89 Å². The summed E-state index contributed by atoms with van der Waals surface area (Å²) in [6, 6.07) is 1.11. The Morgan fingerprint density at radius 2 is 2.12 bits per heavy atom. The van der Waals surface area contributed by atoms with E-state index < -0.39 is 0 Å². The number of imidazole rings is 1. The highest BCUT2D eigenvalue weighted by atomic mass is 127. The highest BCUT2D eigenvalue weighted by molar-refractivity contribution is 14.0. The highest BCUT2D eigenvalue weighted by Crippen LogP contribution is 2.27. The minimum Gasteiger partial charge on any atom is -0.355 e. The molecule has 0 radical (unpaired) electrons. The third kappa shape index (κ3) is 5.12. The van der Waals surface area contributed by atoms with Crippen molar-refractivity contribution in [2.75, 3.05) is 39.8 Å². The number of likely N-dealkylation sites (N-methyl/N-ethyl adjacent to an activating group) is 1. The van der Waals surface area contributed by atoms with E-state index in [0.29, 0.717) is 18.0 Å². The highest BCUT2D eigenvalue weighted by Gasteiger charge is 2.29. The van der Waals surface area contributed by atoms with Crippen LogP contribution in [0.5, 0.6) is 0 Å². The van der Waals surface area contributed by atoms with Crippen LogP contribution in [0.15, 0.2) is 23.7 Å². The van der Waals surface area contributed by atoms with Crippen LogP contribution in [0.25, 0.3) is 0 Å². The first-order chi connectivity index (χ1) is 12.2. The van der Waals surface area contributed by atoms with Crippen LogP contribution in [0, 0.1) is 5.92 Å². The second-order valence-corrected chi connectivity index (χ2v) is 7.50. The molecule has 3 atom stereocenters. The largest absolute Gasteiger partial charge is 0.355 e. The maximum Gasteiger partial charge on any atom is 0.193 e. The Bertz CT molecular complexity index is 546. The van der Waals surface area contributed by atoms with Gasteiger partial charge in [0.25, 0.3) is 0 Å². The predicted octanol–water partition coefficient (Wildman–Crippen LogP) is 2.83. The first kappa shape index (κ1) is 21.5. The Hall–Kier alpha value is -0.830. The predicted molar refractivity (Wildman–Crippen MR) is 118 cm³/mol. The molecule has 0 aliphatic carbocycles. The molecule has 3 rings (SSSR count). The lowest BCUT2D eigenvalue weighted by Gasteiger charge is -2.40. The van der Waals surface area contributed by atoms with E-state index >= 15 is 0 Å². The van der Waals surface area contributed by atoms with Crippen molar-refractivity contribution in [1.82, 2.24) is 24.7 Å². The van der Waals surface area contributed by atoms with E-state index in [4.69, 9.17) is 0 Å². The second-order valence-electron chi connectivity index (χ2n) is 7.50. The third-order valence-corrected chi connectivity index (χ3v) is 5.99. The van der Waals surface area contributed by atoms with Gasteiger partial charge in [0.2, 0.25) is 0 Å². The number of nitrogens with one attached hydrogen (secondary N) is 1. The maximum absolute atomic E-state index is 4.58. The van der Waals surface area contributed by atoms with Crippen molar-refractivity contribution in [3.63, 3.8) is 0 Å².